The van der Waals surface area contributed by atoms with Gasteiger partial charge in [0.1, 0.15) is 0 Å². The van der Waals surface area contributed by atoms with Crippen molar-refractivity contribution in [2.75, 3.05) is 32.0 Å². The molecule has 2 heterocycles. The lowest BCUT2D eigenvalue weighted by molar-refractivity contribution is 0.0938. The summed E-state index contributed by atoms with van der Waals surface area (Å²) < 4.78 is 5.98. The number of rotatable bonds is 8. The van der Waals surface area contributed by atoms with Crippen LogP contribution in [0.15, 0.2) is 72.8 Å². The fourth-order valence-electron chi connectivity index (χ4n) is 6.33. The molecule has 3 aliphatic rings. The van der Waals surface area contributed by atoms with Crippen LogP contribution in [0.25, 0.3) is 11.1 Å². The SMILES string of the molecule is Nc1ccccc1C(=O)NC1CCN(CCCCC2(C3CO3)c3ccccc3-c3ccccc32)C1. The molecule has 5 heteroatoms. The monoisotopic (exact) mass is 467 g/mol. The number of para-hydroxylation sites is 1. The molecule has 0 bridgehead atoms. The van der Waals surface area contributed by atoms with Gasteiger partial charge in [0.05, 0.1) is 18.3 Å². The van der Waals surface area contributed by atoms with Crippen LogP contribution in [0.2, 0.25) is 0 Å². The Morgan fingerprint density at radius 3 is 2.31 bits per heavy atom. The minimum atomic E-state index is -0.0695. The van der Waals surface area contributed by atoms with Crippen molar-refractivity contribution in [3.63, 3.8) is 0 Å². The summed E-state index contributed by atoms with van der Waals surface area (Å²) in [5.74, 6) is -0.0695. The van der Waals surface area contributed by atoms with E-state index in [1.165, 1.54) is 22.3 Å². The van der Waals surface area contributed by atoms with Gasteiger partial charge in [-0.05, 0) is 60.2 Å². The first-order valence-electron chi connectivity index (χ1n) is 12.9. The summed E-state index contributed by atoms with van der Waals surface area (Å²) in [5.41, 5.74) is 12.7. The Labute approximate surface area is 207 Å². The van der Waals surface area contributed by atoms with Gasteiger partial charge in [0.2, 0.25) is 0 Å². The molecule has 2 fully saturated rings. The zero-order valence-corrected chi connectivity index (χ0v) is 20.1. The maximum atomic E-state index is 12.6. The number of hydrogen-bond donors (Lipinski definition) is 2. The lowest BCUT2D eigenvalue weighted by Gasteiger charge is -2.31. The molecule has 0 saturated carbocycles. The third kappa shape index (κ3) is 4.03. The molecular formula is C30H33N3O2. The van der Waals surface area contributed by atoms with Crippen molar-refractivity contribution in [3.05, 3.63) is 89.5 Å². The zero-order chi connectivity index (χ0) is 23.8. The second kappa shape index (κ2) is 9.14. The number of epoxide rings is 1. The largest absolute Gasteiger partial charge is 0.398 e. The number of ether oxygens (including phenoxy) is 1. The number of anilines is 1. The number of nitrogens with two attached hydrogens (primary N) is 1. The van der Waals surface area contributed by atoms with Gasteiger partial charge in [-0.25, -0.2) is 0 Å². The number of nitrogens with zero attached hydrogens (tertiary/aromatic N) is 1. The van der Waals surface area contributed by atoms with E-state index in [0.29, 0.717) is 11.3 Å². The molecular weight excluding hydrogens is 434 g/mol. The molecule has 0 aromatic heterocycles. The Morgan fingerprint density at radius 1 is 0.971 bits per heavy atom. The van der Waals surface area contributed by atoms with Gasteiger partial charge in [-0.3, -0.25) is 4.79 Å². The number of unbranched alkanes of at least 4 members (excludes halogenated alkanes) is 1. The first kappa shape index (κ1) is 22.3. The molecule has 3 aromatic rings. The van der Waals surface area contributed by atoms with Crippen molar-refractivity contribution in [1.82, 2.24) is 10.2 Å². The van der Waals surface area contributed by atoms with Crippen molar-refractivity contribution in [2.24, 2.45) is 0 Å². The Bertz CT molecular complexity index is 1190. The van der Waals surface area contributed by atoms with Crippen LogP contribution in [-0.2, 0) is 10.2 Å². The van der Waals surface area contributed by atoms with Crippen molar-refractivity contribution >= 4 is 11.6 Å². The fraction of sp³-hybridized carbons (Fsp3) is 0.367. The predicted octanol–water partition coefficient (Wildman–Crippen LogP) is 4.61. The van der Waals surface area contributed by atoms with Crippen LogP contribution in [0.4, 0.5) is 5.69 Å². The van der Waals surface area contributed by atoms with Gasteiger partial charge >= 0.3 is 0 Å². The predicted molar refractivity (Wildman–Crippen MR) is 139 cm³/mol. The van der Waals surface area contributed by atoms with Gasteiger partial charge in [0.15, 0.2) is 0 Å². The van der Waals surface area contributed by atoms with Crippen LogP contribution in [0.3, 0.4) is 0 Å². The van der Waals surface area contributed by atoms with E-state index in [9.17, 15) is 4.79 Å². The number of amides is 1. The van der Waals surface area contributed by atoms with Gasteiger partial charge in [-0.1, -0.05) is 67.1 Å². The highest BCUT2D eigenvalue weighted by Gasteiger charge is 2.53. The number of nitrogen functional groups attached to an aromatic ring is 1. The smallest absolute Gasteiger partial charge is 0.253 e. The summed E-state index contributed by atoms with van der Waals surface area (Å²) in [6.07, 6.45) is 4.66. The van der Waals surface area contributed by atoms with E-state index in [0.717, 1.165) is 51.9 Å². The van der Waals surface area contributed by atoms with Gasteiger partial charge < -0.3 is 20.7 Å². The van der Waals surface area contributed by atoms with Crippen LogP contribution in [0.1, 0.15) is 47.2 Å². The number of fused-ring (bicyclic) bond motifs is 3. The van der Waals surface area contributed by atoms with Gasteiger partial charge in [-0.15, -0.1) is 0 Å². The van der Waals surface area contributed by atoms with E-state index in [2.05, 4.69) is 58.7 Å². The summed E-state index contributed by atoms with van der Waals surface area (Å²) in [6, 6.07) is 25.2. The molecule has 2 aliphatic heterocycles. The number of benzene rings is 3. The third-order valence-corrected chi connectivity index (χ3v) is 8.10. The van der Waals surface area contributed by atoms with E-state index in [1.54, 1.807) is 12.1 Å². The zero-order valence-electron chi connectivity index (χ0n) is 20.1. The van der Waals surface area contributed by atoms with E-state index >= 15 is 0 Å². The third-order valence-electron chi connectivity index (χ3n) is 8.10. The summed E-state index contributed by atoms with van der Waals surface area (Å²) in [7, 11) is 0. The van der Waals surface area contributed by atoms with Crippen molar-refractivity contribution in [2.45, 2.75) is 43.2 Å². The topological polar surface area (TPSA) is 70.9 Å². The molecule has 2 saturated heterocycles. The maximum Gasteiger partial charge on any atom is 0.253 e. The summed E-state index contributed by atoms with van der Waals surface area (Å²) in [6.45, 7) is 3.84. The van der Waals surface area contributed by atoms with Gasteiger partial charge in [0.25, 0.3) is 5.91 Å². The fourth-order valence-corrected chi connectivity index (χ4v) is 6.33. The molecule has 1 aliphatic carbocycles. The summed E-state index contributed by atoms with van der Waals surface area (Å²) >= 11 is 0. The highest BCUT2D eigenvalue weighted by molar-refractivity contribution is 5.99. The number of carbonyl (C=O) groups is 1. The van der Waals surface area contributed by atoms with Gasteiger partial charge in [-0.2, -0.15) is 0 Å². The molecule has 5 nitrogen and oxygen atoms in total. The molecule has 3 aromatic carbocycles. The molecule has 1 amide bonds. The summed E-state index contributed by atoms with van der Waals surface area (Å²) in [5, 5.41) is 3.18. The second-order valence-electron chi connectivity index (χ2n) is 10.2. The Kier molecular flexibility index (Phi) is 5.83. The number of carbonyl (C=O) groups excluding carboxylic acids is 1. The first-order chi connectivity index (χ1) is 17.2. The standard InChI is InChI=1S/C30H33N3O2/c31-27-14-6-3-11-24(27)29(34)32-21-15-18-33(19-21)17-8-7-16-30(28-20-35-28)25-12-4-1-9-22(25)23-10-2-5-13-26(23)30/h1-6,9-14,21,28H,7-8,15-20,31H2,(H,32,34). The average molecular weight is 468 g/mol. The van der Waals surface area contributed by atoms with Crippen LogP contribution in [0.5, 0.6) is 0 Å². The van der Waals surface area contributed by atoms with Gasteiger partial charge in [0, 0.05) is 30.2 Å². The molecule has 0 spiro atoms. The quantitative estimate of drug-likeness (QED) is 0.288. The van der Waals surface area contributed by atoms with Crippen LogP contribution in [0, 0.1) is 0 Å². The molecule has 2 unspecified atom stereocenters. The van der Waals surface area contributed by atoms with Crippen LogP contribution >= 0.6 is 0 Å². The Morgan fingerprint density at radius 2 is 1.63 bits per heavy atom. The molecule has 6 rings (SSSR count). The maximum absolute atomic E-state index is 12.6. The van der Waals surface area contributed by atoms with E-state index < -0.39 is 0 Å². The molecule has 0 radical (unpaired) electrons. The Hall–Kier alpha value is -3.15. The second-order valence-corrected chi connectivity index (χ2v) is 10.2. The molecule has 35 heavy (non-hydrogen) atoms. The van der Waals surface area contributed by atoms with E-state index in [4.69, 9.17) is 10.5 Å². The minimum Gasteiger partial charge on any atom is -0.398 e. The number of likely N-dealkylation sites (tertiary alicyclic amines) is 1. The first-order valence-corrected chi connectivity index (χ1v) is 12.9. The molecule has 3 N–H and O–H groups in total. The highest BCUT2D eigenvalue weighted by Crippen LogP contribution is 2.56. The summed E-state index contributed by atoms with van der Waals surface area (Å²) in [4.78, 5) is 15.1. The lowest BCUT2D eigenvalue weighted by Crippen LogP contribution is -2.37. The van der Waals surface area contributed by atoms with E-state index in [1.807, 2.05) is 12.1 Å². The molecule has 2 atom stereocenters. The minimum absolute atomic E-state index is 0.0235. The highest BCUT2D eigenvalue weighted by atomic mass is 16.6. The Balaban J connectivity index is 1.07. The normalized spacial score (nSPS) is 21.9. The van der Waals surface area contributed by atoms with E-state index in [-0.39, 0.29) is 23.5 Å². The van der Waals surface area contributed by atoms with Crippen molar-refractivity contribution < 1.29 is 9.53 Å². The van der Waals surface area contributed by atoms with Crippen molar-refractivity contribution in [3.8, 4) is 11.1 Å². The van der Waals surface area contributed by atoms with Crippen LogP contribution in [-0.4, -0.2) is 49.2 Å². The van der Waals surface area contributed by atoms with Crippen molar-refractivity contribution in [1.29, 1.82) is 0 Å². The lowest BCUT2D eigenvalue weighted by atomic mass is 9.72. The number of nitrogens with one attached hydrogen (secondary N) is 1. The van der Waals surface area contributed by atoms with Crippen LogP contribution < -0.4 is 11.1 Å². The number of hydrogen-bond acceptors (Lipinski definition) is 4. The average Bonchev–Trinajstić information content (AvgIpc) is 3.58. The molecule has 180 valence electrons.